The van der Waals surface area contributed by atoms with Gasteiger partial charge in [-0.15, -0.1) is 0 Å². The number of carbonyl (C=O) groups is 2. The zero-order valence-corrected chi connectivity index (χ0v) is 18.4. The largest absolute Gasteiger partial charge is 0.378 e. The lowest BCUT2D eigenvalue weighted by molar-refractivity contribution is -0.135. The van der Waals surface area contributed by atoms with Crippen molar-refractivity contribution in [1.29, 1.82) is 0 Å². The second-order valence-corrected chi connectivity index (χ2v) is 7.95. The topological polar surface area (TPSA) is 67.9 Å². The Morgan fingerprint density at radius 3 is 2.71 bits per heavy atom. The lowest BCUT2D eigenvalue weighted by atomic mass is 10.0. The van der Waals surface area contributed by atoms with Crippen molar-refractivity contribution in [3.63, 3.8) is 0 Å². The molecule has 31 heavy (non-hydrogen) atoms. The number of benzene rings is 2. The highest BCUT2D eigenvalue weighted by Crippen LogP contribution is 2.26. The third-order valence-corrected chi connectivity index (χ3v) is 5.46. The zero-order valence-electron chi connectivity index (χ0n) is 18.4. The summed E-state index contributed by atoms with van der Waals surface area (Å²) < 4.78 is 11.3. The molecule has 2 aromatic rings. The fraction of sp³-hybridized carbons (Fsp3) is 0.440. The summed E-state index contributed by atoms with van der Waals surface area (Å²) in [6.45, 7) is 5.73. The smallest absolute Gasteiger partial charge is 0.225 e. The Balaban J connectivity index is 1.67. The van der Waals surface area contributed by atoms with Crippen LogP contribution in [0.5, 0.6) is 0 Å². The molecule has 0 spiro atoms. The maximum absolute atomic E-state index is 13.2. The van der Waals surface area contributed by atoms with Crippen molar-refractivity contribution in [3.8, 4) is 0 Å². The predicted octanol–water partition coefficient (Wildman–Crippen LogP) is 4.32. The molecule has 0 radical (unpaired) electrons. The number of amides is 2. The van der Waals surface area contributed by atoms with Crippen LogP contribution < -0.4 is 5.32 Å². The third kappa shape index (κ3) is 7.19. The van der Waals surface area contributed by atoms with Crippen LogP contribution in [0.15, 0.2) is 54.6 Å². The van der Waals surface area contributed by atoms with Crippen molar-refractivity contribution in [1.82, 2.24) is 4.90 Å². The number of rotatable bonds is 10. The van der Waals surface area contributed by atoms with Gasteiger partial charge in [-0.25, -0.2) is 0 Å². The standard InChI is InChI=1S/C25H32N2O4/c1-19(22-10-6-11-23(16-22)26-20(2)28)27(17-21-8-4-3-5-9-21)25(29)13-15-30-18-24-12-7-14-31-24/h3-6,8-11,16,19,24H,7,12-15,17-18H2,1-2H3,(H,26,28). The van der Waals surface area contributed by atoms with Crippen molar-refractivity contribution < 1.29 is 19.1 Å². The zero-order chi connectivity index (χ0) is 22.1. The van der Waals surface area contributed by atoms with Crippen LogP contribution in [0.25, 0.3) is 0 Å². The number of hydrogen-bond donors (Lipinski definition) is 1. The maximum Gasteiger partial charge on any atom is 0.225 e. The van der Waals surface area contributed by atoms with E-state index >= 15 is 0 Å². The minimum Gasteiger partial charge on any atom is -0.378 e. The fourth-order valence-corrected chi connectivity index (χ4v) is 3.77. The first kappa shape index (κ1) is 23.0. The number of ether oxygens (including phenoxy) is 2. The average Bonchev–Trinajstić information content (AvgIpc) is 3.28. The normalized spacial score (nSPS) is 16.6. The number of hydrogen-bond acceptors (Lipinski definition) is 4. The molecule has 2 atom stereocenters. The van der Waals surface area contributed by atoms with Crippen LogP contribution in [0.2, 0.25) is 0 Å². The number of nitrogens with one attached hydrogen (secondary N) is 1. The highest BCUT2D eigenvalue weighted by Gasteiger charge is 2.22. The first-order valence-electron chi connectivity index (χ1n) is 10.9. The highest BCUT2D eigenvalue weighted by molar-refractivity contribution is 5.88. The van der Waals surface area contributed by atoms with Gasteiger partial charge >= 0.3 is 0 Å². The van der Waals surface area contributed by atoms with E-state index in [2.05, 4.69) is 5.32 Å². The molecule has 0 aliphatic carbocycles. The van der Waals surface area contributed by atoms with Crippen LogP contribution >= 0.6 is 0 Å². The number of anilines is 1. The van der Waals surface area contributed by atoms with Crippen molar-refractivity contribution in [3.05, 3.63) is 65.7 Å². The van der Waals surface area contributed by atoms with Crippen LogP contribution in [-0.4, -0.2) is 42.6 Å². The molecule has 1 fully saturated rings. The Morgan fingerprint density at radius 1 is 1.19 bits per heavy atom. The highest BCUT2D eigenvalue weighted by atomic mass is 16.5. The average molecular weight is 425 g/mol. The molecule has 6 nitrogen and oxygen atoms in total. The van der Waals surface area contributed by atoms with E-state index in [0.29, 0.717) is 26.2 Å². The molecule has 1 aliphatic rings. The molecule has 2 unspecified atom stereocenters. The minimum atomic E-state index is -0.153. The van der Waals surface area contributed by atoms with E-state index in [-0.39, 0.29) is 24.0 Å². The first-order chi connectivity index (χ1) is 15.0. The Kier molecular flexibility index (Phi) is 8.62. The molecule has 0 aromatic heterocycles. The van der Waals surface area contributed by atoms with Gasteiger partial charge in [0.15, 0.2) is 0 Å². The quantitative estimate of drug-likeness (QED) is 0.577. The SMILES string of the molecule is CC(=O)Nc1cccc(C(C)N(Cc2ccccc2)C(=O)CCOCC2CCCO2)c1. The maximum atomic E-state index is 13.2. The Hall–Kier alpha value is -2.70. The van der Waals surface area contributed by atoms with E-state index in [1.165, 1.54) is 6.92 Å². The Bertz CT molecular complexity index is 850. The number of nitrogens with zero attached hydrogens (tertiary/aromatic N) is 1. The van der Waals surface area contributed by atoms with Gasteiger partial charge in [0.05, 0.1) is 31.8 Å². The van der Waals surface area contributed by atoms with Crippen molar-refractivity contribution in [2.75, 3.05) is 25.1 Å². The van der Waals surface area contributed by atoms with Gasteiger partial charge < -0.3 is 19.7 Å². The molecule has 0 bridgehead atoms. The van der Waals surface area contributed by atoms with Crippen LogP contribution in [0.4, 0.5) is 5.69 Å². The van der Waals surface area contributed by atoms with E-state index in [4.69, 9.17) is 9.47 Å². The lowest BCUT2D eigenvalue weighted by Crippen LogP contribution is -2.34. The van der Waals surface area contributed by atoms with E-state index in [1.807, 2.05) is 66.4 Å². The number of carbonyl (C=O) groups excluding carboxylic acids is 2. The van der Waals surface area contributed by atoms with Gasteiger partial charge in [0.25, 0.3) is 0 Å². The molecule has 1 heterocycles. The molecule has 1 saturated heterocycles. The van der Waals surface area contributed by atoms with Crippen LogP contribution in [0, 0.1) is 0 Å². The van der Waals surface area contributed by atoms with Crippen LogP contribution in [0.1, 0.15) is 50.3 Å². The molecule has 3 rings (SSSR count). The monoisotopic (exact) mass is 424 g/mol. The molecule has 0 saturated carbocycles. The molecule has 1 N–H and O–H groups in total. The van der Waals surface area contributed by atoms with Crippen molar-refractivity contribution in [2.24, 2.45) is 0 Å². The summed E-state index contributed by atoms with van der Waals surface area (Å²) in [6, 6.07) is 17.5. The first-order valence-corrected chi connectivity index (χ1v) is 10.9. The van der Waals surface area contributed by atoms with Crippen LogP contribution in [-0.2, 0) is 25.6 Å². The molecule has 166 valence electrons. The van der Waals surface area contributed by atoms with E-state index in [9.17, 15) is 9.59 Å². The van der Waals surface area contributed by atoms with Gasteiger partial charge in [-0.2, -0.15) is 0 Å². The van der Waals surface area contributed by atoms with E-state index in [0.717, 1.165) is 36.3 Å². The molecular formula is C25H32N2O4. The van der Waals surface area contributed by atoms with Crippen molar-refractivity contribution >= 4 is 17.5 Å². The molecular weight excluding hydrogens is 392 g/mol. The van der Waals surface area contributed by atoms with Crippen LogP contribution in [0.3, 0.4) is 0 Å². The fourth-order valence-electron chi connectivity index (χ4n) is 3.77. The van der Waals surface area contributed by atoms with Gasteiger partial charge in [0.1, 0.15) is 0 Å². The van der Waals surface area contributed by atoms with Gasteiger partial charge in [-0.05, 0) is 43.0 Å². The summed E-state index contributed by atoms with van der Waals surface area (Å²) in [5.41, 5.74) is 2.76. The Morgan fingerprint density at radius 2 is 2.00 bits per heavy atom. The molecule has 2 amide bonds. The summed E-state index contributed by atoms with van der Waals surface area (Å²) in [5.74, 6) is -0.0842. The van der Waals surface area contributed by atoms with Gasteiger partial charge in [0.2, 0.25) is 11.8 Å². The van der Waals surface area contributed by atoms with Gasteiger partial charge in [-0.1, -0.05) is 42.5 Å². The van der Waals surface area contributed by atoms with Crippen molar-refractivity contribution in [2.45, 2.75) is 51.8 Å². The van der Waals surface area contributed by atoms with E-state index < -0.39 is 0 Å². The summed E-state index contributed by atoms with van der Waals surface area (Å²) >= 11 is 0. The van der Waals surface area contributed by atoms with Gasteiger partial charge in [0, 0.05) is 25.8 Å². The Labute approximate surface area is 184 Å². The molecule has 1 aliphatic heterocycles. The summed E-state index contributed by atoms with van der Waals surface area (Å²) in [6.07, 6.45) is 2.57. The molecule has 6 heteroatoms. The predicted molar refractivity (Wildman–Crippen MR) is 121 cm³/mol. The van der Waals surface area contributed by atoms with E-state index in [1.54, 1.807) is 0 Å². The van der Waals surface area contributed by atoms with Gasteiger partial charge in [-0.3, -0.25) is 9.59 Å². The third-order valence-electron chi connectivity index (χ3n) is 5.46. The molecule has 2 aromatic carbocycles. The second-order valence-electron chi connectivity index (χ2n) is 7.95. The second kappa shape index (κ2) is 11.6. The summed E-state index contributed by atoms with van der Waals surface area (Å²) in [4.78, 5) is 26.5. The summed E-state index contributed by atoms with van der Waals surface area (Å²) in [7, 11) is 0. The lowest BCUT2D eigenvalue weighted by Gasteiger charge is -2.30. The minimum absolute atomic E-state index is 0.0358. The summed E-state index contributed by atoms with van der Waals surface area (Å²) in [5, 5.41) is 2.81.